The molecule has 0 fully saturated rings. The van der Waals surface area contributed by atoms with Crippen LogP contribution in [-0.2, 0) is 6.42 Å². The SMILES string of the molecule is COc1ccc(C)cc1CC(C)CC(C)O. The molecular formula is C14H22O2. The maximum atomic E-state index is 9.35. The van der Waals surface area contributed by atoms with E-state index >= 15 is 0 Å². The van der Waals surface area contributed by atoms with Crippen molar-refractivity contribution in [2.75, 3.05) is 7.11 Å². The molecule has 1 N–H and O–H groups in total. The molecule has 2 nitrogen and oxygen atoms in total. The van der Waals surface area contributed by atoms with Crippen molar-refractivity contribution in [2.24, 2.45) is 5.92 Å². The first-order valence-electron chi connectivity index (χ1n) is 5.84. The summed E-state index contributed by atoms with van der Waals surface area (Å²) in [7, 11) is 1.70. The van der Waals surface area contributed by atoms with Gasteiger partial charge in [-0.3, -0.25) is 0 Å². The highest BCUT2D eigenvalue weighted by Crippen LogP contribution is 2.24. The molecule has 0 radical (unpaired) electrons. The Labute approximate surface area is 98.3 Å². The van der Waals surface area contributed by atoms with Crippen LogP contribution in [0.4, 0.5) is 0 Å². The van der Waals surface area contributed by atoms with Gasteiger partial charge in [-0.25, -0.2) is 0 Å². The summed E-state index contributed by atoms with van der Waals surface area (Å²) in [5, 5.41) is 9.35. The summed E-state index contributed by atoms with van der Waals surface area (Å²) >= 11 is 0. The highest BCUT2D eigenvalue weighted by atomic mass is 16.5. The second-order valence-corrected chi connectivity index (χ2v) is 4.71. The molecule has 2 atom stereocenters. The van der Waals surface area contributed by atoms with Gasteiger partial charge in [-0.05, 0) is 44.2 Å². The van der Waals surface area contributed by atoms with Crippen molar-refractivity contribution in [2.45, 2.75) is 39.7 Å². The van der Waals surface area contributed by atoms with Gasteiger partial charge in [-0.2, -0.15) is 0 Å². The molecule has 1 aromatic carbocycles. The number of hydrogen-bond donors (Lipinski definition) is 1. The second-order valence-electron chi connectivity index (χ2n) is 4.71. The van der Waals surface area contributed by atoms with Crippen LogP contribution in [0.15, 0.2) is 18.2 Å². The van der Waals surface area contributed by atoms with Crippen molar-refractivity contribution < 1.29 is 9.84 Å². The van der Waals surface area contributed by atoms with Crippen LogP contribution in [0.3, 0.4) is 0 Å². The van der Waals surface area contributed by atoms with E-state index in [-0.39, 0.29) is 6.10 Å². The lowest BCUT2D eigenvalue weighted by molar-refractivity contribution is 0.164. The third-order valence-electron chi connectivity index (χ3n) is 2.75. The number of ether oxygens (including phenoxy) is 1. The minimum atomic E-state index is -0.231. The fourth-order valence-electron chi connectivity index (χ4n) is 2.11. The normalized spacial score (nSPS) is 14.6. The molecule has 2 heteroatoms. The van der Waals surface area contributed by atoms with Crippen molar-refractivity contribution in [3.05, 3.63) is 29.3 Å². The largest absolute Gasteiger partial charge is 0.496 e. The fourth-order valence-corrected chi connectivity index (χ4v) is 2.11. The summed E-state index contributed by atoms with van der Waals surface area (Å²) in [6.45, 7) is 6.08. The number of methoxy groups -OCH3 is 1. The third kappa shape index (κ3) is 3.86. The Morgan fingerprint density at radius 1 is 1.31 bits per heavy atom. The van der Waals surface area contributed by atoms with E-state index in [1.165, 1.54) is 11.1 Å². The lowest BCUT2D eigenvalue weighted by atomic mass is 9.94. The molecule has 0 aromatic heterocycles. The standard InChI is InChI=1S/C14H22O2/c1-10-5-6-14(16-4)13(8-10)9-11(2)7-12(3)15/h5-6,8,11-12,15H,7,9H2,1-4H3. The smallest absolute Gasteiger partial charge is 0.122 e. The molecule has 0 amide bonds. The summed E-state index contributed by atoms with van der Waals surface area (Å²) < 4.78 is 5.34. The maximum Gasteiger partial charge on any atom is 0.122 e. The van der Waals surface area contributed by atoms with Gasteiger partial charge in [-0.1, -0.05) is 24.6 Å². The minimum Gasteiger partial charge on any atom is -0.496 e. The number of benzene rings is 1. The average molecular weight is 222 g/mol. The topological polar surface area (TPSA) is 29.5 Å². The first-order valence-corrected chi connectivity index (χ1v) is 5.84. The van der Waals surface area contributed by atoms with Gasteiger partial charge in [0, 0.05) is 0 Å². The fraction of sp³-hybridized carbons (Fsp3) is 0.571. The van der Waals surface area contributed by atoms with Crippen LogP contribution in [-0.4, -0.2) is 18.3 Å². The number of aryl methyl sites for hydroxylation is 1. The van der Waals surface area contributed by atoms with Crippen LogP contribution in [0.5, 0.6) is 5.75 Å². The molecule has 0 saturated carbocycles. The number of aliphatic hydroxyl groups is 1. The van der Waals surface area contributed by atoms with E-state index in [1.807, 2.05) is 13.0 Å². The van der Waals surface area contributed by atoms with Crippen molar-refractivity contribution in [3.63, 3.8) is 0 Å². The van der Waals surface area contributed by atoms with Gasteiger partial charge in [-0.15, -0.1) is 0 Å². The van der Waals surface area contributed by atoms with Crippen LogP contribution in [0, 0.1) is 12.8 Å². The summed E-state index contributed by atoms with van der Waals surface area (Å²) in [6, 6.07) is 6.23. The van der Waals surface area contributed by atoms with Gasteiger partial charge < -0.3 is 9.84 Å². The van der Waals surface area contributed by atoms with E-state index < -0.39 is 0 Å². The molecule has 0 saturated heterocycles. The zero-order valence-corrected chi connectivity index (χ0v) is 10.7. The van der Waals surface area contributed by atoms with E-state index in [1.54, 1.807) is 7.11 Å². The molecule has 2 unspecified atom stereocenters. The first kappa shape index (κ1) is 13.0. The van der Waals surface area contributed by atoms with Crippen LogP contribution in [0.25, 0.3) is 0 Å². The molecule has 90 valence electrons. The molecule has 0 bridgehead atoms. The monoisotopic (exact) mass is 222 g/mol. The summed E-state index contributed by atoms with van der Waals surface area (Å²) in [5.74, 6) is 1.42. The Morgan fingerprint density at radius 3 is 2.56 bits per heavy atom. The Balaban J connectivity index is 2.74. The molecular weight excluding hydrogens is 200 g/mol. The highest BCUT2D eigenvalue weighted by molar-refractivity contribution is 5.37. The van der Waals surface area contributed by atoms with Gasteiger partial charge in [0.25, 0.3) is 0 Å². The van der Waals surface area contributed by atoms with E-state index in [4.69, 9.17) is 4.74 Å². The molecule has 0 aliphatic carbocycles. The predicted molar refractivity (Wildman–Crippen MR) is 66.9 cm³/mol. The first-order chi connectivity index (χ1) is 7.52. The van der Waals surface area contributed by atoms with E-state index in [0.29, 0.717) is 5.92 Å². The van der Waals surface area contributed by atoms with Crippen LogP contribution in [0.1, 0.15) is 31.4 Å². The zero-order chi connectivity index (χ0) is 12.1. The Kier molecular flexibility index (Phi) is 4.81. The molecule has 0 aliphatic heterocycles. The average Bonchev–Trinajstić information content (AvgIpc) is 2.16. The molecule has 0 heterocycles. The molecule has 0 aliphatic rings. The van der Waals surface area contributed by atoms with Crippen molar-refractivity contribution in [1.29, 1.82) is 0 Å². The molecule has 0 spiro atoms. The van der Waals surface area contributed by atoms with Gasteiger partial charge in [0.05, 0.1) is 13.2 Å². The quantitative estimate of drug-likeness (QED) is 0.830. The lowest BCUT2D eigenvalue weighted by Gasteiger charge is -2.16. The number of rotatable bonds is 5. The van der Waals surface area contributed by atoms with Crippen LogP contribution < -0.4 is 4.74 Å². The second kappa shape index (κ2) is 5.90. The Bertz CT molecular complexity index is 332. The van der Waals surface area contributed by atoms with Gasteiger partial charge in [0.1, 0.15) is 5.75 Å². The van der Waals surface area contributed by atoms with Gasteiger partial charge >= 0.3 is 0 Å². The Hall–Kier alpha value is -1.02. The zero-order valence-electron chi connectivity index (χ0n) is 10.7. The van der Waals surface area contributed by atoms with Crippen molar-refractivity contribution in [1.82, 2.24) is 0 Å². The van der Waals surface area contributed by atoms with Crippen molar-refractivity contribution >= 4 is 0 Å². The Morgan fingerprint density at radius 2 is 2.00 bits per heavy atom. The predicted octanol–water partition coefficient (Wildman–Crippen LogP) is 2.95. The van der Waals surface area contributed by atoms with E-state index in [9.17, 15) is 5.11 Å². The van der Waals surface area contributed by atoms with E-state index in [2.05, 4.69) is 26.0 Å². The molecule has 1 rings (SSSR count). The molecule has 16 heavy (non-hydrogen) atoms. The van der Waals surface area contributed by atoms with Crippen molar-refractivity contribution in [3.8, 4) is 5.75 Å². The lowest BCUT2D eigenvalue weighted by Crippen LogP contribution is -2.10. The highest BCUT2D eigenvalue weighted by Gasteiger charge is 2.10. The van der Waals surface area contributed by atoms with Crippen LogP contribution in [0.2, 0.25) is 0 Å². The van der Waals surface area contributed by atoms with Gasteiger partial charge in [0.15, 0.2) is 0 Å². The summed E-state index contributed by atoms with van der Waals surface area (Å²) in [5.41, 5.74) is 2.48. The molecule has 1 aromatic rings. The van der Waals surface area contributed by atoms with Crippen LogP contribution >= 0.6 is 0 Å². The third-order valence-corrected chi connectivity index (χ3v) is 2.75. The summed E-state index contributed by atoms with van der Waals surface area (Å²) in [6.07, 6.45) is 1.55. The maximum absolute atomic E-state index is 9.35. The van der Waals surface area contributed by atoms with E-state index in [0.717, 1.165) is 18.6 Å². The minimum absolute atomic E-state index is 0.231. The van der Waals surface area contributed by atoms with Gasteiger partial charge in [0.2, 0.25) is 0 Å². The summed E-state index contributed by atoms with van der Waals surface area (Å²) in [4.78, 5) is 0. The number of aliphatic hydroxyl groups excluding tert-OH is 1. The number of hydrogen-bond acceptors (Lipinski definition) is 2.